The van der Waals surface area contributed by atoms with Crippen LogP contribution in [0.1, 0.15) is 0 Å². The van der Waals surface area contributed by atoms with Crippen molar-refractivity contribution in [2.24, 2.45) is 0 Å². The predicted octanol–water partition coefficient (Wildman–Crippen LogP) is 13.9. The Morgan fingerprint density at radius 3 is 0.961 bits per heavy atom. The molecule has 12 heteroatoms. The van der Waals surface area contributed by atoms with E-state index in [1.165, 1.54) is 45.1 Å². The van der Waals surface area contributed by atoms with E-state index < -0.39 is 10.1 Å². The molecule has 0 bridgehead atoms. The number of hydrogen-bond donors (Lipinski definition) is 1. The summed E-state index contributed by atoms with van der Waals surface area (Å²) in [7, 11) is -4.56. The summed E-state index contributed by atoms with van der Waals surface area (Å²) in [4.78, 5) is 12.8. The van der Waals surface area contributed by atoms with Gasteiger partial charge in [-0.25, -0.2) is 0 Å². The molecule has 0 unspecified atom stereocenters. The van der Waals surface area contributed by atoms with E-state index in [1.54, 1.807) is 64.9 Å². The van der Waals surface area contributed by atoms with Gasteiger partial charge in [-0.15, -0.1) is 35.3 Å². The van der Waals surface area contributed by atoms with Crippen LogP contribution in [0.3, 0.4) is 0 Å². The second-order valence-corrected chi connectivity index (χ2v) is 20.4. The molecule has 6 aromatic carbocycles. The summed E-state index contributed by atoms with van der Waals surface area (Å²) in [6, 6.07) is 45.1. The minimum atomic E-state index is -4.56. The Balaban J connectivity index is 1.30. The van der Waals surface area contributed by atoms with Crippen molar-refractivity contribution in [1.29, 1.82) is 0 Å². The molecule has 0 spiro atoms. The van der Waals surface area contributed by atoms with Gasteiger partial charge in [-0.1, -0.05) is 58.8 Å². The summed E-state index contributed by atoms with van der Waals surface area (Å²) in [5.41, 5.74) is 0. The van der Waals surface area contributed by atoms with Gasteiger partial charge in [-0.05, 0) is 152 Å². The maximum absolute atomic E-state index is 13.0. The Bertz CT molecular complexity index is 2170. The molecule has 0 aliphatic rings. The van der Waals surface area contributed by atoms with Crippen LogP contribution in [-0.2, 0) is 10.1 Å². The van der Waals surface area contributed by atoms with Gasteiger partial charge in [0.15, 0.2) is 0 Å². The Morgan fingerprint density at radius 2 is 0.647 bits per heavy atom. The molecule has 0 aliphatic carbocycles. The normalized spacial score (nSPS) is 11.5. The van der Waals surface area contributed by atoms with Crippen LogP contribution >= 0.6 is 94.1 Å². The van der Waals surface area contributed by atoms with Gasteiger partial charge in [0.25, 0.3) is 10.1 Å². The number of thioether (sulfide) groups is 3. The number of hydrogen-bond acceptors (Lipinski definition) is 10. The van der Waals surface area contributed by atoms with Gasteiger partial charge in [0, 0.05) is 63.6 Å². The van der Waals surface area contributed by atoms with Gasteiger partial charge in [0.2, 0.25) is 0 Å². The highest BCUT2D eigenvalue weighted by molar-refractivity contribution is 8.03. The van der Waals surface area contributed by atoms with Crippen molar-refractivity contribution in [3.05, 3.63) is 133 Å². The van der Waals surface area contributed by atoms with Crippen molar-refractivity contribution in [3.8, 4) is 0 Å². The fourth-order valence-corrected chi connectivity index (χ4v) is 11.7. The van der Waals surface area contributed by atoms with Crippen LogP contribution in [0, 0.1) is 0 Å². The smallest absolute Gasteiger partial charge is 0.282 e. The van der Waals surface area contributed by atoms with Crippen LogP contribution in [0.15, 0.2) is 202 Å². The van der Waals surface area contributed by atoms with E-state index in [0.29, 0.717) is 4.90 Å². The fraction of sp³-hybridized carbons (Fsp3) is 0.0769. The Labute approximate surface area is 334 Å². The zero-order valence-electron chi connectivity index (χ0n) is 27.6. The first-order valence-electron chi connectivity index (χ1n) is 15.4. The van der Waals surface area contributed by atoms with Crippen molar-refractivity contribution < 1.29 is 13.0 Å². The van der Waals surface area contributed by atoms with Crippen LogP contribution in [0.25, 0.3) is 0 Å². The van der Waals surface area contributed by atoms with Crippen LogP contribution < -0.4 is 0 Å². The average molecular weight is 837 g/mol. The second kappa shape index (κ2) is 18.4. The van der Waals surface area contributed by atoms with Crippen LogP contribution in [0.4, 0.5) is 0 Å². The molecule has 51 heavy (non-hydrogen) atoms. The van der Waals surface area contributed by atoms with Crippen molar-refractivity contribution in [2.75, 3.05) is 18.8 Å². The van der Waals surface area contributed by atoms with E-state index in [2.05, 4.69) is 97.4 Å². The monoisotopic (exact) mass is 836 g/mol. The van der Waals surface area contributed by atoms with E-state index in [-0.39, 0.29) is 4.90 Å². The van der Waals surface area contributed by atoms with Crippen LogP contribution in [0.2, 0.25) is 0 Å². The third-order valence-electron chi connectivity index (χ3n) is 7.25. The van der Waals surface area contributed by atoms with E-state index >= 15 is 0 Å². The summed E-state index contributed by atoms with van der Waals surface area (Å²) in [6.07, 6.45) is 6.17. The van der Waals surface area contributed by atoms with Crippen LogP contribution in [0.5, 0.6) is 0 Å². The topological polar surface area (TPSA) is 54.4 Å². The highest BCUT2D eigenvalue weighted by atomic mass is 32.2. The standard InChI is InChI=1S/C39H32O3S9/c1-43-26-4-10-29(11-5-26)46-31-16-20-34(21-17-31)49-37-24-36(48-33-14-8-28(45-3)9-15-33)25-38(51(40,41)42)39(37)50-35-22-18-32(19-23-35)47-30-12-6-27(44-2)7-13-30/h4-25H,1-3H3,(H,40,41,42). The summed E-state index contributed by atoms with van der Waals surface area (Å²) in [5.74, 6) is 0. The fourth-order valence-electron chi connectivity index (χ4n) is 4.72. The molecular weight excluding hydrogens is 805 g/mol. The molecule has 0 radical (unpaired) electrons. The van der Waals surface area contributed by atoms with E-state index in [4.69, 9.17) is 0 Å². The molecule has 0 saturated heterocycles. The Morgan fingerprint density at radius 1 is 0.373 bits per heavy atom. The number of benzene rings is 6. The van der Waals surface area contributed by atoms with Crippen LogP contribution in [-0.4, -0.2) is 31.7 Å². The minimum absolute atomic E-state index is 0.103. The Hall–Kier alpha value is -1.97. The quantitative estimate of drug-likeness (QED) is 0.0843. The lowest BCUT2D eigenvalue weighted by molar-refractivity contribution is 0.480. The van der Waals surface area contributed by atoms with Crippen molar-refractivity contribution >= 4 is 104 Å². The molecule has 0 aliphatic heterocycles. The van der Waals surface area contributed by atoms with Gasteiger partial charge >= 0.3 is 0 Å². The number of rotatable bonds is 14. The average Bonchev–Trinajstić information content (AvgIpc) is 3.14. The Kier molecular flexibility index (Phi) is 14.0. The highest BCUT2D eigenvalue weighted by Crippen LogP contribution is 2.46. The minimum Gasteiger partial charge on any atom is -0.282 e. The molecule has 0 atom stereocenters. The summed E-state index contributed by atoms with van der Waals surface area (Å²) in [5, 5.41) is 0. The van der Waals surface area contributed by atoms with Gasteiger partial charge in [0.1, 0.15) is 4.90 Å². The lowest BCUT2D eigenvalue weighted by atomic mass is 10.3. The second-order valence-electron chi connectivity index (χ2n) is 10.7. The van der Waals surface area contributed by atoms with E-state index in [1.807, 2.05) is 48.7 Å². The summed E-state index contributed by atoms with van der Waals surface area (Å²) >= 11 is 12.8. The molecule has 0 aromatic heterocycles. The summed E-state index contributed by atoms with van der Waals surface area (Å²) in [6.45, 7) is 0. The van der Waals surface area contributed by atoms with Gasteiger partial charge in [-0.2, -0.15) is 8.42 Å². The lowest BCUT2D eigenvalue weighted by Gasteiger charge is -2.16. The SMILES string of the molecule is CSc1ccc(Sc2ccc(Sc3cc(Sc4ccc(SC)cc4)cc(S(=O)(=O)O)c3Sc3ccc(Sc4ccc(SC)cc4)cc3)cc2)cc1. The molecule has 1 N–H and O–H groups in total. The largest absolute Gasteiger partial charge is 0.295 e. The maximum Gasteiger partial charge on any atom is 0.295 e. The van der Waals surface area contributed by atoms with Gasteiger partial charge in [0.05, 0.1) is 0 Å². The molecule has 6 rings (SSSR count). The van der Waals surface area contributed by atoms with E-state index in [9.17, 15) is 13.0 Å². The maximum atomic E-state index is 13.0. The third-order valence-corrected chi connectivity index (χ3v) is 15.8. The first-order valence-corrected chi connectivity index (χ1v) is 24.6. The molecule has 0 fully saturated rings. The molecule has 3 nitrogen and oxygen atoms in total. The zero-order valence-corrected chi connectivity index (χ0v) is 35.0. The highest BCUT2D eigenvalue weighted by Gasteiger charge is 2.23. The zero-order chi connectivity index (χ0) is 35.8. The predicted molar refractivity (Wildman–Crippen MR) is 224 cm³/mol. The summed E-state index contributed by atoms with van der Waals surface area (Å²) < 4.78 is 36.6. The molecular formula is C39H32O3S9. The van der Waals surface area contributed by atoms with Gasteiger partial charge in [-0.3, -0.25) is 4.55 Å². The lowest BCUT2D eigenvalue weighted by Crippen LogP contribution is -2.02. The molecule has 6 aromatic rings. The molecule has 0 heterocycles. The molecule has 260 valence electrons. The van der Waals surface area contributed by atoms with Gasteiger partial charge < -0.3 is 0 Å². The first-order chi connectivity index (χ1) is 24.7. The molecule has 0 amide bonds. The van der Waals surface area contributed by atoms with E-state index in [0.717, 1.165) is 49.0 Å². The first kappa shape index (κ1) is 38.7. The van der Waals surface area contributed by atoms with Crippen molar-refractivity contribution in [1.82, 2.24) is 0 Å². The van der Waals surface area contributed by atoms with Crippen molar-refractivity contribution in [3.63, 3.8) is 0 Å². The molecule has 0 saturated carbocycles. The van der Waals surface area contributed by atoms with Crippen molar-refractivity contribution in [2.45, 2.75) is 68.5 Å². The third kappa shape index (κ3) is 11.0.